The van der Waals surface area contributed by atoms with Crippen LogP contribution in [0.25, 0.3) is 0 Å². The third kappa shape index (κ3) is 4.88. The third-order valence-corrected chi connectivity index (χ3v) is 2.39. The van der Waals surface area contributed by atoms with E-state index >= 15 is 0 Å². The molecule has 1 rings (SSSR count). The second-order valence-electron chi connectivity index (χ2n) is 4.29. The smallest absolute Gasteiger partial charge is 0.135 e. The Bertz CT molecular complexity index is 358. The zero-order valence-electron chi connectivity index (χ0n) is 10.8. The van der Waals surface area contributed by atoms with Gasteiger partial charge in [0, 0.05) is 24.6 Å². The first-order valence-corrected chi connectivity index (χ1v) is 6.29. The summed E-state index contributed by atoms with van der Waals surface area (Å²) in [7, 11) is 0. The van der Waals surface area contributed by atoms with Gasteiger partial charge in [-0.3, -0.25) is 0 Å². The molecule has 0 aliphatic carbocycles. The van der Waals surface area contributed by atoms with Crippen LogP contribution in [0.1, 0.15) is 39.4 Å². The van der Waals surface area contributed by atoms with Gasteiger partial charge in [-0.2, -0.15) is 0 Å². The average molecular weight is 258 g/mol. The number of aromatic nitrogens is 2. The van der Waals surface area contributed by atoms with Crippen molar-refractivity contribution in [3.05, 3.63) is 17.0 Å². The molecule has 1 aromatic rings. The molecule has 0 amide bonds. The Morgan fingerprint density at radius 3 is 2.65 bits per heavy atom. The van der Waals surface area contributed by atoms with Crippen molar-refractivity contribution in [1.29, 1.82) is 0 Å². The number of ether oxygens (including phenoxy) is 1. The molecule has 17 heavy (non-hydrogen) atoms. The molecule has 0 aliphatic rings. The van der Waals surface area contributed by atoms with E-state index in [0.717, 1.165) is 11.6 Å². The summed E-state index contributed by atoms with van der Waals surface area (Å²) in [6.45, 7) is 9.47. The largest absolute Gasteiger partial charge is 0.380 e. The molecule has 0 spiro atoms. The first-order valence-electron chi connectivity index (χ1n) is 5.91. The molecular weight excluding hydrogens is 238 g/mol. The lowest BCUT2D eigenvalue weighted by Gasteiger charge is -2.15. The van der Waals surface area contributed by atoms with Crippen LogP contribution in [0.4, 0.5) is 5.82 Å². The molecule has 1 aromatic heterocycles. The van der Waals surface area contributed by atoms with Crippen LogP contribution in [-0.2, 0) is 4.74 Å². The van der Waals surface area contributed by atoms with Gasteiger partial charge in [0.25, 0.3) is 0 Å². The lowest BCUT2D eigenvalue weighted by atomic mass is 10.2. The van der Waals surface area contributed by atoms with E-state index in [9.17, 15) is 0 Å². The fraction of sp³-hybridized carbons (Fsp3) is 0.667. The minimum Gasteiger partial charge on any atom is -0.380 e. The van der Waals surface area contributed by atoms with Crippen molar-refractivity contribution in [1.82, 2.24) is 9.97 Å². The molecular formula is C12H20ClN3O. The standard InChI is InChI=1S/C12H20ClN3O/c1-5-17-7-9(4)14-11-6-10(13)15-12(16-11)8(2)3/h6,8-9H,5,7H2,1-4H3,(H,14,15,16). The van der Waals surface area contributed by atoms with Crippen LogP contribution in [-0.4, -0.2) is 29.2 Å². The topological polar surface area (TPSA) is 47.0 Å². The Hall–Kier alpha value is -0.870. The van der Waals surface area contributed by atoms with Crippen molar-refractivity contribution in [2.45, 2.75) is 39.7 Å². The second kappa shape index (κ2) is 6.77. The van der Waals surface area contributed by atoms with Gasteiger partial charge in [-0.15, -0.1) is 0 Å². The number of anilines is 1. The summed E-state index contributed by atoms with van der Waals surface area (Å²) in [5, 5.41) is 3.72. The van der Waals surface area contributed by atoms with Gasteiger partial charge < -0.3 is 10.1 Å². The van der Waals surface area contributed by atoms with E-state index in [2.05, 4.69) is 15.3 Å². The minimum atomic E-state index is 0.195. The zero-order valence-corrected chi connectivity index (χ0v) is 11.6. The average Bonchev–Trinajstić information content (AvgIpc) is 2.25. The van der Waals surface area contributed by atoms with Gasteiger partial charge in [0.2, 0.25) is 0 Å². The summed E-state index contributed by atoms with van der Waals surface area (Å²) in [6, 6.07) is 1.93. The van der Waals surface area contributed by atoms with E-state index in [0.29, 0.717) is 18.4 Å². The highest BCUT2D eigenvalue weighted by Gasteiger charge is 2.09. The number of rotatable bonds is 6. The monoisotopic (exact) mass is 257 g/mol. The first-order chi connectivity index (χ1) is 8.02. The number of hydrogen-bond acceptors (Lipinski definition) is 4. The number of hydrogen-bond donors (Lipinski definition) is 1. The maximum atomic E-state index is 5.96. The summed E-state index contributed by atoms with van der Waals surface area (Å²) < 4.78 is 5.34. The number of halogens is 1. The first kappa shape index (κ1) is 14.2. The molecule has 0 aliphatic heterocycles. The molecule has 0 bridgehead atoms. The molecule has 5 heteroatoms. The molecule has 0 saturated carbocycles. The van der Waals surface area contributed by atoms with Crippen molar-refractivity contribution in [2.24, 2.45) is 0 Å². The van der Waals surface area contributed by atoms with Gasteiger partial charge in [0.15, 0.2) is 0 Å². The van der Waals surface area contributed by atoms with Crippen LogP contribution in [0.3, 0.4) is 0 Å². The lowest BCUT2D eigenvalue weighted by Crippen LogP contribution is -2.22. The van der Waals surface area contributed by atoms with Crippen molar-refractivity contribution in [3.8, 4) is 0 Å². The Labute approximate surface area is 108 Å². The molecule has 0 saturated heterocycles. The lowest BCUT2D eigenvalue weighted by molar-refractivity contribution is 0.141. The van der Waals surface area contributed by atoms with E-state index in [4.69, 9.17) is 16.3 Å². The second-order valence-corrected chi connectivity index (χ2v) is 4.68. The fourth-order valence-electron chi connectivity index (χ4n) is 1.36. The van der Waals surface area contributed by atoms with Crippen molar-refractivity contribution in [3.63, 3.8) is 0 Å². The summed E-state index contributed by atoms with van der Waals surface area (Å²) >= 11 is 5.96. The summed E-state index contributed by atoms with van der Waals surface area (Å²) in [4.78, 5) is 8.60. The van der Waals surface area contributed by atoms with E-state index in [1.165, 1.54) is 0 Å². The van der Waals surface area contributed by atoms with E-state index < -0.39 is 0 Å². The molecule has 0 aromatic carbocycles. The van der Waals surface area contributed by atoms with Crippen LogP contribution in [0.2, 0.25) is 5.15 Å². The molecule has 1 heterocycles. The minimum absolute atomic E-state index is 0.195. The zero-order chi connectivity index (χ0) is 12.8. The van der Waals surface area contributed by atoms with Gasteiger partial charge in [0.05, 0.1) is 6.61 Å². The van der Waals surface area contributed by atoms with Crippen LogP contribution < -0.4 is 5.32 Å². The highest BCUT2D eigenvalue weighted by atomic mass is 35.5. The molecule has 1 atom stereocenters. The fourth-order valence-corrected chi connectivity index (χ4v) is 1.55. The summed E-state index contributed by atoms with van der Waals surface area (Å²) in [5.74, 6) is 1.76. The van der Waals surface area contributed by atoms with Crippen LogP contribution in [0, 0.1) is 0 Å². The van der Waals surface area contributed by atoms with Crippen LogP contribution in [0.15, 0.2) is 6.07 Å². The highest BCUT2D eigenvalue weighted by Crippen LogP contribution is 2.17. The molecule has 1 unspecified atom stereocenters. The SMILES string of the molecule is CCOCC(C)Nc1cc(Cl)nc(C(C)C)n1. The van der Waals surface area contributed by atoms with Gasteiger partial charge in [-0.05, 0) is 13.8 Å². The normalized spacial score (nSPS) is 12.8. The molecule has 96 valence electrons. The quantitative estimate of drug-likeness (QED) is 0.796. The van der Waals surface area contributed by atoms with Gasteiger partial charge in [-0.25, -0.2) is 9.97 Å². The Kier molecular flexibility index (Phi) is 5.65. The Balaban J connectivity index is 2.70. The van der Waals surface area contributed by atoms with Crippen LogP contribution >= 0.6 is 11.6 Å². The summed E-state index contributed by atoms with van der Waals surface area (Å²) in [6.07, 6.45) is 0. The molecule has 1 N–H and O–H groups in total. The van der Waals surface area contributed by atoms with Crippen molar-refractivity contribution < 1.29 is 4.74 Å². The molecule has 0 fully saturated rings. The summed E-state index contributed by atoms with van der Waals surface area (Å²) in [5.41, 5.74) is 0. The van der Waals surface area contributed by atoms with E-state index in [-0.39, 0.29) is 12.0 Å². The van der Waals surface area contributed by atoms with Gasteiger partial charge in [0.1, 0.15) is 16.8 Å². The van der Waals surface area contributed by atoms with Crippen molar-refractivity contribution >= 4 is 17.4 Å². The number of nitrogens with one attached hydrogen (secondary N) is 1. The predicted molar refractivity (Wildman–Crippen MR) is 70.7 cm³/mol. The molecule has 4 nitrogen and oxygen atoms in total. The van der Waals surface area contributed by atoms with E-state index in [1.54, 1.807) is 6.07 Å². The highest BCUT2D eigenvalue weighted by molar-refractivity contribution is 6.29. The van der Waals surface area contributed by atoms with Crippen LogP contribution in [0.5, 0.6) is 0 Å². The predicted octanol–water partition coefficient (Wildman–Crippen LogP) is 3.09. The third-order valence-electron chi connectivity index (χ3n) is 2.19. The van der Waals surface area contributed by atoms with Gasteiger partial charge in [-0.1, -0.05) is 25.4 Å². The molecule has 0 radical (unpaired) electrons. The number of nitrogens with zero attached hydrogens (tertiary/aromatic N) is 2. The van der Waals surface area contributed by atoms with E-state index in [1.807, 2.05) is 27.7 Å². The van der Waals surface area contributed by atoms with Gasteiger partial charge >= 0.3 is 0 Å². The maximum absolute atomic E-state index is 5.96. The van der Waals surface area contributed by atoms with Crippen molar-refractivity contribution in [2.75, 3.05) is 18.5 Å². The Morgan fingerprint density at radius 1 is 1.35 bits per heavy atom. The maximum Gasteiger partial charge on any atom is 0.135 e. The Morgan fingerprint density at radius 2 is 2.06 bits per heavy atom.